The van der Waals surface area contributed by atoms with Gasteiger partial charge < -0.3 is 5.11 Å². The summed E-state index contributed by atoms with van der Waals surface area (Å²) in [6.45, 7) is 1.57. The van der Waals surface area contributed by atoms with Gasteiger partial charge in [0.25, 0.3) is 0 Å². The first-order valence-corrected chi connectivity index (χ1v) is 7.98. The fourth-order valence-corrected chi connectivity index (χ4v) is 2.97. The second-order valence-electron chi connectivity index (χ2n) is 6.06. The number of aromatic nitrogens is 6. The number of nitrogens with zero attached hydrogens (tertiary/aromatic N) is 7. The largest absolute Gasteiger partial charge is 0.394 e. The fourth-order valence-electron chi connectivity index (χ4n) is 2.97. The molecule has 4 rings (SSSR count). The van der Waals surface area contributed by atoms with Gasteiger partial charge in [0.1, 0.15) is 5.52 Å². The van der Waals surface area contributed by atoms with Gasteiger partial charge in [-0.15, -0.1) is 0 Å². The maximum atomic E-state index is 12.5. The number of nitriles is 1. The van der Waals surface area contributed by atoms with Crippen LogP contribution < -0.4 is 5.69 Å². The first-order valence-electron chi connectivity index (χ1n) is 7.98. The summed E-state index contributed by atoms with van der Waals surface area (Å²) in [5, 5.41) is 22.9. The molecule has 0 unspecified atom stereocenters. The summed E-state index contributed by atoms with van der Waals surface area (Å²) in [6.07, 6.45) is 4.90. The number of rotatable bonds is 3. The van der Waals surface area contributed by atoms with Gasteiger partial charge in [-0.3, -0.25) is 9.13 Å². The summed E-state index contributed by atoms with van der Waals surface area (Å²) < 4.78 is 4.54. The van der Waals surface area contributed by atoms with Crippen LogP contribution in [0.1, 0.15) is 18.5 Å². The van der Waals surface area contributed by atoms with Crippen LogP contribution in [0.15, 0.2) is 35.5 Å². The molecule has 0 aromatic carbocycles. The van der Waals surface area contributed by atoms with Crippen LogP contribution in [-0.2, 0) is 7.05 Å². The summed E-state index contributed by atoms with van der Waals surface area (Å²) in [6, 6.07) is 5.07. The van der Waals surface area contributed by atoms with E-state index in [1.54, 1.807) is 49.2 Å². The maximum Gasteiger partial charge on any atom is 0.330 e. The molecule has 0 fully saturated rings. The van der Waals surface area contributed by atoms with Gasteiger partial charge in [0.15, 0.2) is 11.5 Å². The molecule has 0 spiro atoms. The third-order valence-electron chi connectivity index (χ3n) is 4.43. The monoisotopic (exact) mass is 349 g/mol. The third kappa shape index (κ3) is 2.20. The molecule has 4 aromatic rings. The van der Waals surface area contributed by atoms with Crippen molar-refractivity contribution >= 4 is 16.7 Å². The van der Waals surface area contributed by atoms with Crippen LogP contribution in [0.5, 0.6) is 0 Å². The topological polar surface area (TPSA) is 114 Å². The lowest BCUT2D eigenvalue weighted by Crippen LogP contribution is -2.26. The first-order chi connectivity index (χ1) is 12.5. The minimum atomic E-state index is -0.414. The highest BCUT2D eigenvalue weighted by atomic mass is 16.3. The van der Waals surface area contributed by atoms with Crippen molar-refractivity contribution in [1.29, 1.82) is 5.26 Å². The molecule has 1 N–H and O–H groups in total. The maximum absolute atomic E-state index is 12.5. The van der Waals surface area contributed by atoms with Crippen molar-refractivity contribution in [3.63, 3.8) is 0 Å². The van der Waals surface area contributed by atoms with Crippen LogP contribution in [0, 0.1) is 11.3 Å². The SMILES string of the molecule is C[C@H](CO)n1c(=O)n(C)c2cnc(-c3cnn4ccc(C#N)cc34)nc21. The molecule has 0 aliphatic carbocycles. The van der Waals surface area contributed by atoms with Gasteiger partial charge in [0.05, 0.1) is 47.8 Å². The predicted molar refractivity (Wildman–Crippen MR) is 93.5 cm³/mol. The van der Waals surface area contributed by atoms with E-state index in [2.05, 4.69) is 21.1 Å². The number of imidazole rings is 1. The van der Waals surface area contributed by atoms with E-state index in [0.717, 1.165) is 0 Å². The van der Waals surface area contributed by atoms with Crippen LogP contribution in [0.25, 0.3) is 28.1 Å². The molecule has 130 valence electrons. The Kier molecular flexibility index (Phi) is 3.56. The molecular formula is C17H15N7O2. The van der Waals surface area contributed by atoms with Gasteiger partial charge in [-0.25, -0.2) is 19.3 Å². The Labute approximate surface area is 147 Å². The molecule has 0 aliphatic heterocycles. The number of hydrogen-bond acceptors (Lipinski definition) is 6. The van der Waals surface area contributed by atoms with Crippen LogP contribution in [0.4, 0.5) is 0 Å². The number of aryl methyl sites for hydroxylation is 1. The van der Waals surface area contributed by atoms with Crippen molar-refractivity contribution in [2.24, 2.45) is 7.05 Å². The van der Waals surface area contributed by atoms with Gasteiger partial charge in [-0.1, -0.05) is 0 Å². The van der Waals surface area contributed by atoms with E-state index in [9.17, 15) is 9.90 Å². The number of hydrogen-bond donors (Lipinski definition) is 1. The van der Waals surface area contributed by atoms with Crippen molar-refractivity contribution in [3.8, 4) is 17.5 Å². The van der Waals surface area contributed by atoms with Gasteiger partial charge in [0.2, 0.25) is 0 Å². The molecule has 4 aromatic heterocycles. The quantitative estimate of drug-likeness (QED) is 0.587. The van der Waals surface area contributed by atoms with Crippen LogP contribution in [0.3, 0.4) is 0 Å². The Morgan fingerprint density at radius 3 is 2.88 bits per heavy atom. The fraction of sp³-hybridized carbons (Fsp3) is 0.235. The molecule has 0 amide bonds. The molecule has 0 radical (unpaired) electrons. The predicted octanol–water partition coefficient (Wildman–Crippen LogP) is 0.870. The zero-order valence-electron chi connectivity index (χ0n) is 14.2. The minimum absolute atomic E-state index is 0.180. The van der Waals surface area contributed by atoms with Gasteiger partial charge >= 0.3 is 5.69 Å². The summed E-state index contributed by atoms with van der Waals surface area (Å²) in [5.41, 5.74) is 2.62. The lowest BCUT2D eigenvalue weighted by molar-refractivity contribution is 0.238. The molecule has 0 saturated carbocycles. The smallest absolute Gasteiger partial charge is 0.330 e. The molecular weight excluding hydrogens is 334 g/mol. The molecule has 1 atom stereocenters. The standard InChI is InChI=1S/C17H15N7O2/c1-10(9-25)24-16-14(22(2)17(24)26)8-19-15(21-16)12-7-20-23-4-3-11(6-18)5-13(12)23/h3-5,7-8,10,25H,9H2,1-2H3/t10-/m1/s1. The molecule has 9 heteroatoms. The Morgan fingerprint density at radius 1 is 1.35 bits per heavy atom. The second kappa shape index (κ2) is 5.79. The Morgan fingerprint density at radius 2 is 2.15 bits per heavy atom. The minimum Gasteiger partial charge on any atom is -0.394 e. The van der Waals surface area contributed by atoms with E-state index in [1.165, 1.54) is 9.13 Å². The summed E-state index contributed by atoms with van der Waals surface area (Å²) in [5.74, 6) is 0.395. The Bertz CT molecular complexity index is 1240. The summed E-state index contributed by atoms with van der Waals surface area (Å²) in [7, 11) is 1.64. The van der Waals surface area contributed by atoms with Gasteiger partial charge in [-0.05, 0) is 19.1 Å². The highest BCUT2D eigenvalue weighted by Gasteiger charge is 2.19. The first kappa shape index (κ1) is 16.0. The number of aliphatic hydroxyl groups is 1. The van der Waals surface area contributed by atoms with Gasteiger partial charge in [0, 0.05) is 13.2 Å². The van der Waals surface area contributed by atoms with E-state index in [1.807, 2.05) is 0 Å². The van der Waals surface area contributed by atoms with E-state index >= 15 is 0 Å². The lowest BCUT2D eigenvalue weighted by Gasteiger charge is -2.09. The van der Waals surface area contributed by atoms with E-state index in [-0.39, 0.29) is 12.3 Å². The van der Waals surface area contributed by atoms with Crippen molar-refractivity contribution in [1.82, 2.24) is 28.7 Å². The third-order valence-corrected chi connectivity index (χ3v) is 4.43. The van der Waals surface area contributed by atoms with E-state index < -0.39 is 6.04 Å². The lowest BCUT2D eigenvalue weighted by atomic mass is 10.2. The van der Waals surface area contributed by atoms with Crippen molar-refractivity contribution in [2.45, 2.75) is 13.0 Å². The van der Waals surface area contributed by atoms with E-state index in [0.29, 0.717) is 33.6 Å². The van der Waals surface area contributed by atoms with Crippen molar-refractivity contribution < 1.29 is 5.11 Å². The van der Waals surface area contributed by atoms with Crippen molar-refractivity contribution in [3.05, 3.63) is 46.8 Å². The zero-order valence-corrected chi connectivity index (χ0v) is 14.2. The summed E-state index contributed by atoms with van der Waals surface area (Å²) >= 11 is 0. The number of pyridine rings is 1. The van der Waals surface area contributed by atoms with E-state index in [4.69, 9.17) is 5.26 Å². The number of aliphatic hydroxyl groups excluding tert-OH is 1. The second-order valence-corrected chi connectivity index (χ2v) is 6.06. The molecule has 0 aliphatic rings. The average molecular weight is 349 g/mol. The zero-order chi connectivity index (χ0) is 18.4. The van der Waals surface area contributed by atoms with Crippen LogP contribution in [-0.4, -0.2) is 40.4 Å². The van der Waals surface area contributed by atoms with Gasteiger partial charge in [-0.2, -0.15) is 10.4 Å². The molecule has 0 bridgehead atoms. The molecule has 9 nitrogen and oxygen atoms in total. The Hall–Kier alpha value is -3.51. The molecule has 26 heavy (non-hydrogen) atoms. The highest BCUT2D eigenvalue weighted by Crippen LogP contribution is 2.24. The van der Waals surface area contributed by atoms with Crippen LogP contribution >= 0.6 is 0 Å². The average Bonchev–Trinajstić information content (AvgIpc) is 3.19. The normalized spacial score (nSPS) is 12.5. The Balaban J connectivity index is 1.99. The molecule has 4 heterocycles. The van der Waals surface area contributed by atoms with Crippen LogP contribution in [0.2, 0.25) is 0 Å². The number of fused-ring (bicyclic) bond motifs is 2. The molecule has 0 saturated heterocycles. The summed E-state index contributed by atoms with van der Waals surface area (Å²) in [4.78, 5) is 21.4. The highest BCUT2D eigenvalue weighted by molar-refractivity contribution is 5.80. The van der Waals surface area contributed by atoms with Crippen molar-refractivity contribution in [2.75, 3.05) is 6.61 Å².